The van der Waals surface area contributed by atoms with Gasteiger partial charge in [-0.15, -0.1) is 0 Å². The number of rotatable bonds is 6. The zero-order chi connectivity index (χ0) is 12.1. The average Bonchev–Trinajstić information content (AvgIpc) is 2.13. The van der Waals surface area contributed by atoms with E-state index < -0.39 is 0 Å². The van der Waals surface area contributed by atoms with Crippen molar-refractivity contribution >= 4 is 11.8 Å². The van der Waals surface area contributed by atoms with Gasteiger partial charge in [0.05, 0.1) is 0 Å². The van der Waals surface area contributed by atoms with Crippen LogP contribution in [-0.4, -0.2) is 22.1 Å². The second kappa shape index (κ2) is 6.15. The van der Waals surface area contributed by atoms with Gasteiger partial charge in [-0.3, -0.25) is 0 Å². The van der Waals surface area contributed by atoms with Crippen LogP contribution in [0.2, 0.25) is 0 Å². The summed E-state index contributed by atoms with van der Waals surface area (Å²) >= 11 is 2.04. The largest absolute Gasteiger partial charge is 0.308 e. The van der Waals surface area contributed by atoms with Crippen molar-refractivity contribution in [3.63, 3.8) is 0 Å². The first-order chi connectivity index (χ1) is 6.72. The first kappa shape index (κ1) is 15.3. The topological polar surface area (TPSA) is 12.0 Å². The lowest BCUT2D eigenvalue weighted by Gasteiger charge is -2.33. The first-order valence-electron chi connectivity index (χ1n) is 6.14. The minimum Gasteiger partial charge on any atom is -0.308 e. The minimum absolute atomic E-state index is 0.317. The van der Waals surface area contributed by atoms with E-state index in [4.69, 9.17) is 0 Å². The highest BCUT2D eigenvalue weighted by molar-refractivity contribution is 8.00. The van der Waals surface area contributed by atoms with Gasteiger partial charge in [0.15, 0.2) is 0 Å². The highest BCUT2D eigenvalue weighted by atomic mass is 32.2. The summed E-state index contributed by atoms with van der Waals surface area (Å²) in [7, 11) is 0. The van der Waals surface area contributed by atoms with E-state index in [1.807, 2.05) is 11.8 Å². The molecule has 0 bridgehead atoms. The van der Waals surface area contributed by atoms with Crippen LogP contribution in [0.5, 0.6) is 0 Å². The van der Waals surface area contributed by atoms with Gasteiger partial charge in [0, 0.05) is 22.1 Å². The number of thioether (sulfide) groups is 1. The molecule has 0 aliphatic heterocycles. The summed E-state index contributed by atoms with van der Waals surface area (Å²) in [4.78, 5) is 0. The molecule has 0 aromatic heterocycles. The molecule has 0 heterocycles. The molecule has 1 atom stereocenters. The number of hydrogen-bond donors (Lipinski definition) is 1. The molecule has 0 aromatic rings. The van der Waals surface area contributed by atoms with Crippen LogP contribution >= 0.6 is 11.8 Å². The van der Waals surface area contributed by atoms with E-state index in [0.29, 0.717) is 16.3 Å². The number of hydrogen-bond acceptors (Lipinski definition) is 2. The summed E-state index contributed by atoms with van der Waals surface area (Å²) in [5.74, 6) is 1.19. The summed E-state index contributed by atoms with van der Waals surface area (Å²) in [5.41, 5.74) is 0.317. The molecular formula is C13H29NS. The Labute approximate surface area is 101 Å². The first-order valence-corrected chi connectivity index (χ1v) is 7.12. The molecule has 15 heavy (non-hydrogen) atoms. The summed E-state index contributed by atoms with van der Waals surface area (Å²) < 4.78 is 0.380. The van der Waals surface area contributed by atoms with Gasteiger partial charge in [0.1, 0.15) is 0 Å². The van der Waals surface area contributed by atoms with Crippen LogP contribution in [0.4, 0.5) is 0 Å². The Morgan fingerprint density at radius 3 is 1.87 bits per heavy atom. The Hall–Kier alpha value is 0.310. The smallest absolute Gasteiger partial charge is 0.0150 e. The lowest BCUT2D eigenvalue weighted by Crippen LogP contribution is -2.47. The standard InChI is InChI=1S/C13H29NS/c1-8-13(7,9-2)14-11(3)10-15-12(4,5)6/h11,14H,8-10H2,1-7H3. The van der Waals surface area contributed by atoms with Crippen LogP contribution < -0.4 is 5.32 Å². The Kier molecular flexibility index (Phi) is 6.27. The molecule has 1 N–H and O–H groups in total. The van der Waals surface area contributed by atoms with Crippen LogP contribution in [0.15, 0.2) is 0 Å². The fraction of sp³-hybridized carbons (Fsp3) is 1.00. The zero-order valence-corrected chi connectivity index (χ0v) is 12.4. The van der Waals surface area contributed by atoms with E-state index in [0.717, 1.165) is 0 Å². The van der Waals surface area contributed by atoms with Gasteiger partial charge < -0.3 is 5.32 Å². The third-order valence-corrected chi connectivity index (χ3v) is 4.45. The van der Waals surface area contributed by atoms with Crippen LogP contribution in [0, 0.1) is 0 Å². The van der Waals surface area contributed by atoms with Crippen molar-refractivity contribution < 1.29 is 0 Å². The Bertz CT molecular complexity index is 168. The van der Waals surface area contributed by atoms with Crippen molar-refractivity contribution in [2.45, 2.75) is 77.6 Å². The SMILES string of the molecule is CCC(C)(CC)NC(C)CSC(C)(C)C. The van der Waals surface area contributed by atoms with Crippen molar-refractivity contribution in [2.24, 2.45) is 0 Å². The van der Waals surface area contributed by atoms with E-state index in [2.05, 4.69) is 53.8 Å². The number of nitrogens with one attached hydrogen (secondary N) is 1. The van der Waals surface area contributed by atoms with Gasteiger partial charge in [-0.25, -0.2) is 0 Å². The molecule has 0 saturated heterocycles. The fourth-order valence-electron chi connectivity index (χ4n) is 1.47. The molecule has 1 nitrogen and oxygen atoms in total. The van der Waals surface area contributed by atoms with Crippen molar-refractivity contribution in [3.8, 4) is 0 Å². The van der Waals surface area contributed by atoms with Crippen molar-refractivity contribution in [2.75, 3.05) is 5.75 Å². The van der Waals surface area contributed by atoms with E-state index in [-0.39, 0.29) is 0 Å². The minimum atomic E-state index is 0.317. The average molecular weight is 231 g/mol. The fourth-order valence-corrected chi connectivity index (χ4v) is 2.30. The molecular weight excluding hydrogens is 202 g/mol. The predicted molar refractivity (Wildman–Crippen MR) is 73.8 cm³/mol. The Morgan fingerprint density at radius 2 is 1.53 bits per heavy atom. The summed E-state index contributed by atoms with van der Waals surface area (Å²) in [5, 5.41) is 3.74. The third kappa shape index (κ3) is 7.24. The molecule has 0 aliphatic carbocycles. The third-order valence-electron chi connectivity index (χ3n) is 2.92. The molecule has 92 valence electrons. The van der Waals surface area contributed by atoms with Crippen LogP contribution in [-0.2, 0) is 0 Å². The van der Waals surface area contributed by atoms with Crippen LogP contribution in [0.1, 0.15) is 61.3 Å². The van der Waals surface area contributed by atoms with Gasteiger partial charge >= 0.3 is 0 Å². The molecule has 0 aromatic carbocycles. The highest BCUT2D eigenvalue weighted by Crippen LogP contribution is 2.24. The van der Waals surface area contributed by atoms with Gasteiger partial charge in [-0.05, 0) is 26.7 Å². The quantitative estimate of drug-likeness (QED) is 0.739. The monoisotopic (exact) mass is 231 g/mol. The van der Waals surface area contributed by atoms with E-state index in [1.54, 1.807) is 0 Å². The molecule has 0 aliphatic rings. The zero-order valence-electron chi connectivity index (χ0n) is 11.6. The Balaban J connectivity index is 3.97. The highest BCUT2D eigenvalue weighted by Gasteiger charge is 2.22. The lowest BCUT2D eigenvalue weighted by atomic mass is 9.95. The molecule has 2 heteroatoms. The second-order valence-corrected chi connectivity index (χ2v) is 7.58. The summed E-state index contributed by atoms with van der Waals surface area (Å²) in [6.45, 7) is 16.0. The maximum absolute atomic E-state index is 3.74. The summed E-state index contributed by atoms with van der Waals surface area (Å²) in [6.07, 6.45) is 2.40. The summed E-state index contributed by atoms with van der Waals surface area (Å²) in [6, 6.07) is 0.596. The van der Waals surface area contributed by atoms with Gasteiger partial charge in [0.2, 0.25) is 0 Å². The van der Waals surface area contributed by atoms with Gasteiger partial charge in [0.25, 0.3) is 0 Å². The molecule has 0 fully saturated rings. The van der Waals surface area contributed by atoms with Crippen LogP contribution in [0.3, 0.4) is 0 Å². The van der Waals surface area contributed by atoms with Crippen molar-refractivity contribution in [1.82, 2.24) is 5.32 Å². The van der Waals surface area contributed by atoms with Crippen molar-refractivity contribution in [3.05, 3.63) is 0 Å². The molecule has 0 spiro atoms. The van der Waals surface area contributed by atoms with E-state index in [1.165, 1.54) is 18.6 Å². The molecule has 0 saturated carbocycles. The van der Waals surface area contributed by atoms with E-state index in [9.17, 15) is 0 Å². The maximum atomic E-state index is 3.74. The molecule has 0 rings (SSSR count). The molecule has 0 radical (unpaired) electrons. The van der Waals surface area contributed by atoms with E-state index >= 15 is 0 Å². The lowest BCUT2D eigenvalue weighted by molar-refractivity contribution is 0.307. The van der Waals surface area contributed by atoms with Gasteiger partial charge in [-0.2, -0.15) is 11.8 Å². The van der Waals surface area contributed by atoms with Crippen LogP contribution in [0.25, 0.3) is 0 Å². The Morgan fingerprint density at radius 1 is 1.07 bits per heavy atom. The van der Waals surface area contributed by atoms with Gasteiger partial charge in [-0.1, -0.05) is 34.6 Å². The maximum Gasteiger partial charge on any atom is 0.0150 e. The van der Waals surface area contributed by atoms with Crippen molar-refractivity contribution in [1.29, 1.82) is 0 Å². The molecule has 0 amide bonds. The predicted octanol–water partition coefficient (Wildman–Crippen LogP) is 4.07. The second-order valence-electron chi connectivity index (χ2n) is 5.74. The normalized spacial score (nSPS) is 15.4. The molecule has 1 unspecified atom stereocenters.